The van der Waals surface area contributed by atoms with E-state index in [0.717, 1.165) is 22.4 Å². The van der Waals surface area contributed by atoms with Gasteiger partial charge in [-0.05, 0) is 36.0 Å². The van der Waals surface area contributed by atoms with Crippen LogP contribution < -0.4 is 5.32 Å². The van der Waals surface area contributed by atoms with Crippen LogP contribution in [0.2, 0.25) is 0 Å². The van der Waals surface area contributed by atoms with Crippen LogP contribution >= 0.6 is 11.5 Å². The second-order valence-corrected chi connectivity index (χ2v) is 5.90. The normalized spacial score (nSPS) is 10.9. The van der Waals surface area contributed by atoms with Crippen molar-refractivity contribution in [3.63, 3.8) is 0 Å². The standard InChI is InChI=1S/C16H12N6OS/c1-10-15(24-21-20-10)16(23)19-13-8-14(18-9-17-13)22-7-6-11-4-2-3-5-12(11)22/h2-9H,1H3,(H,17,18,19,23). The topological polar surface area (TPSA) is 85.6 Å². The molecule has 0 aliphatic rings. The van der Waals surface area contributed by atoms with Gasteiger partial charge in [0, 0.05) is 12.3 Å². The van der Waals surface area contributed by atoms with Crippen LogP contribution in [0.3, 0.4) is 0 Å². The Labute approximate surface area is 141 Å². The van der Waals surface area contributed by atoms with Crippen LogP contribution in [0.1, 0.15) is 15.4 Å². The maximum absolute atomic E-state index is 12.3. The van der Waals surface area contributed by atoms with E-state index in [4.69, 9.17) is 0 Å². The van der Waals surface area contributed by atoms with Gasteiger partial charge in [0.15, 0.2) is 0 Å². The van der Waals surface area contributed by atoms with Crippen LogP contribution in [-0.4, -0.2) is 30.0 Å². The van der Waals surface area contributed by atoms with Crippen LogP contribution in [0.4, 0.5) is 5.82 Å². The van der Waals surface area contributed by atoms with Crippen molar-refractivity contribution in [2.24, 2.45) is 0 Å². The van der Waals surface area contributed by atoms with E-state index in [-0.39, 0.29) is 5.91 Å². The molecular formula is C16H12N6OS. The Morgan fingerprint density at radius 1 is 1.21 bits per heavy atom. The van der Waals surface area contributed by atoms with E-state index in [1.54, 1.807) is 13.0 Å². The average Bonchev–Trinajstić information content (AvgIpc) is 3.21. The molecule has 24 heavy (non-hydrogen) atoms. The molecule has 3 aromatic heterocycles. The number of benzene rings is 1. The fourth-order valence-corrected chi connectivity index (χ4v) is 2.99. The Balaban J connectivity index is 1.67. The largest absolute Gasteiger partial charge is 0.306 e. The molecule has 0 spiro atoms. The van der Waals surface area contributed by atoms with Crippen molar-refractivity contribution in [2.75, 3.05) is 5.32 Å². The third-order valence-electron chi connectivity index (χ3n) is 3.60. The van der Waals surface area contributed by atoms with Gasteiger partial charge in [0.1, 0.15) is 22.8 Å². The predicted molar refractivity (Wildman–Crippen MR) is 91.5 cm³/mol. The smallest absolute Gasteiger partial charge is 0.270 e. The van der Waals surface area contributed by atoms with Gasteiger partial charge in [-0.25, -0.2) is 9.97 Å². The number of anilines is 1. The third kappa shape index (κ3) is 2.52. The van der Waals surface area contributed by atoms with Gasteiger partial charge in [-0.1, -0.05) is 22.7 Å². The van der Waals surface area contributed by atoms with Gasteiger partial charge < -0.3 is 9.88 Å². The number of nitrogens with zero attached hydrogens (tertiary/aromatic N) is 5. The highest BCUT2D eigenvalue weighted by atomic mass is 32.1. The van der Waals surface area contributed by atoms with Crippen LogP contribution in [0.5, 0.6) is 0 Å². The lowest BCUT2D eigenvalue weighted by Gasteiger charge is -2.07. The number of carbonyl (C=O) groups excluding carboxylic acids is 1. The van der Waals surface area contributed by atoms with Crippen LogP contribution in [0, 0.1) is 6.92 Å². The van der Waals surface area contributed by atoms with Crippen LogP contribution in [-0.2, 0) is 0 Å². The number of aryl methyl sites for hydroxylation is 1. The maximum atomic E-state index is 12.3. The quantitative estimate of drug-likeness (QED) is 0.622. The molecule has 1 amide bonds. The zero-order valence-corrected chi connectivity index (χ0v) is 13.5. The molecule has 1 aromatic carbocycles. The third-order valence-corrected chi connectivity index (χ3v) is 4.42. The molecule has 0 bridgehead atoms. The first-order valence-corrected chi connectivity index (χ1v) is 7.98. The second-order valence-electron chi connectivity index (χ2n) is 5.15. The summed E-state index contributed by atoms with van der Waals surface area (Å²) in [6, 6.07) is 11.8. The molecule has 1 N–H and O–H groups in total. The van der Waals surface area contributed by atoms with Gasteiger partial charge in [-0.3, -0.25) is 4.79 Å². The van der Waals surface area contributed by atoms with Crippen LogP contribution in [0.15, 0.2) is 48.9 Å². The number of carbonyl (C=O) groups is 1. The number of hydrogen-bond donors (Lipinski definition) is 1. The van der Waals surface area contributed by atoms with Crippen molar-refractivity contribution < 1.29 is 4.79 Å². The average molecular weight is 336 g/mol. The Kier molecular flexibility index (Phi) is 3.51. The first kappa shape index (κ1) is 14.5. The zero-order chi connectivity index (χ0) is 16.5. The highest BCUT2D eigenvalue weighted by Gasteiger charge is 2.14. The number of aromatic nitrogens is 5. The molecule has 118 valence electrons. The molecule has 0 saturated carbocycles. The molecular weight excluding hydrogens is 324 g/mol. The lowest BCUT2D eigenvalue weighted by atomic mass is 10.2. The van der Waals surface area contributed by atoms with E-state index in [9.17, 15) is 4.79 Å². The summed E-state index contributed by atoms with van der Waals surface area (Å²) >= 11 is 1.06. The molecule has 0 saturated heterocycles. The van der Waals surface area contributed by atoms with Crippen molar-refractivity contribution in [3.05, 3.63) is 59.5 Å². The van der Waals surface area contributed by atoms with E-state index in [2.05, 4.69) is 24.9 Å². The summed E-state index contributed by atoms with van der Waals surface area (Å²) in [4.78, 5) is 21.1. The highest BCUT2D eigenvalue weighted by Crippen LogP contribution is 2.20. The van der Waals surface area contributed by atoms with Gasteiger partial charge in [-0.15, -0.1) is 5.10 Å². The van der Waals surface area contributed by atoms with Crippen molar-refractivity contribution >= 4 is 34.2 Å². The van der Waals surface area contributed by atoms with Gasteiger partial charge >= 0.3 is 0 Å². The number of hydrogen-bond acceptors (Lipinski definition) is 6. The van der Waals surface area contributed by atoms with Gasteiger partial charge in [0.2, 0.25) is 0 Å². The molecule has 8 heteroatoms. The number of nitrogens with one attached hydrogen (secondary N) is 1. The van der Waals surface area contributed by atoms with Crippen molar-refractivity contribution in [3.8, 4) is 5.82 Å². The van der Waals surface area contributed by atoms with Gasteiger partial charge in [0.05, 0.1) is 11.2 Å². The second kappa shape index (κ2) is 5.82. The minimum absolute atomic E-state index is 0.274. The summed E-state index contributed by atoms with van der Waals surface area (Å²) in [5, 5.41) is 7.72. The number of amides is 1. The molecule has 3 heterocycles. The summed E-state index contributed by atoms with van der Waals surface area (Å²) in [6.07, 6.45) is 3.37. The van der Waals surface area contributed by atoms with E-state index in [1.807, 2.05) is 41.1 Å². The van der Waals surface area contributed by atoms with E-state index >= 15 is 0 Å². The maximum Gasteiger partial charge on any atom is 0.270 e. The summed E-state index contributed by atoms with van der Waals surface area (Å²) in [7, 11) is 0. The molecule has 0 aliphatic carbocycles. The molecule has 4 aromatic rings. The highest BCUT2D eigenvalue weighted by molar-refractivity contribution is 7.08. The molecule has 0 radical (unpaired) electrons. The van der Waals surface area contributed by atoms with Crippen LogP contribution in [0.25, 0.3) is 16.7 Å². The van der Waals surface area contributed by atoms with Crippen molar-refractivity contribution in [1.82, 2.24) is 24.1 Å². The first-order valence-electron chi connectivity index (χ1n) is 7.21. The van der Waals surface area contributed by atoms with Gasteiger partial charge in [0.25, 0.3) is 5.91 Å². The Morgan fingerprint density at radius 2 is 2.08 bits per heavy atom. The monoisotopic (exact) mass is 336 g/mol. The predicted octanol–water partition coefficient (Wildman–Crippen LogP) is 2.83. The molecule has 0 fully saturated rings. The summed E-state index contributed by atoms with van der Waals surface area (Å²) in [6.45, 7) is 1.75. The molecule has 0 unspecified atom stereocenters. The minimum Gasteiger partial charge on any atom is -0.306 e. The molecule has 0 aliphatic heterocycles. The van der Waals surface area contributed by atoms with E-state index < -0.39 is 0 Å². The fraction of sp³-hybridized carbons (Fsp3) is 0.0625. The SMILES string of the molecule is Cc1nnsc1C(=O)Nc1cc(-n2ccc3ccccc32)ncn1. The first-order chi connectivity index (χ1) is 11.7. The van der Waals surface area contributed by atoms with Crippen molar-refractivity contribution in [1.29, 1.82) is 0 Å². The number of fused-ring (bicyclic) bond motifs is 1. The Bertz CT molecular complexity index is 1040. The molecule has 7 nitrogen and oxygen atoms in total. The summed E-state index contributed by atoms with van der Waals surface area (Å²) < 4.78 is 5.72. The lowest BCUT2D eigenvalue weighted by molar-refractivity contribution is 0.102. The number of para-hydroxylation sites is 1. The summed E-state index contributed by atoms with van der Waals surface area (Å²) in [5.41, 5.74) is 1.64. The van der Waals surface area contributed by atoms with E-state index in [0.29, 0.717) is 22.2 Å². The minimum atomic E-state index is -0.274. The number of rotatable bonds is 3. The fourth-order valence-electron chi connectivity index (χ4n) is 2.44. The van der Waals surface area contributed by atoms with Crippen molar-refractivity contribution in [2.45, 2.75) is 6.92 Å². The molecule has 0 atom stereocenters. The zero-order valence-electron chi connectivity index (χ0n) is 12.7. The van der Waals surface area contributed by atoms with E-state index in [1.165, 1.54) is 6.33 Å². The van der Waals surface area contributed by atoms with Gasteiger partial charge in [-0.2, -0.15) is 0 Å². The molecule has 4 rings (SSSR count). The summed E-state index contributed by atoms with van der Waals surface area (Å²) in [5.74, 6) is 0.834. The Morgan fingerprint density at radius 3 is 2.92 bits per heavy atom. The Hall–Kier alpha value is -3.13. The lowest BCUT2D eigenvalue weighted by Crippen LogP contribution is -2.13.